The van der Waals surface area contributed by atoms with Gasteiger partial charge in [-0.1, -0.05) is 30.8 Å². The molecule has 2 atom stereocenters. The molecule has 1 fully saturated rings. The SMILES string of the molecule is C=C1NC(=O)NC(c2ccc(F)cc2)C1C(=O)OCc1ccc(OC)cc1. The molecule has 6 nitrogen and oxygen atoms in total. The summed E-state index contributed by atoms with van der Waals surface area (Å²) in [6.45, 7) is 3.84. The van der Waals surface area contributed by atoms with E-state index < -0.39 is 29.8 Å². The van der Waals surface area contributed by atoms with Crippen LogP contribution in [0.15, 0.2) is 60.8 Å². The van der Waals surface area contributed by atoms with Crippen LogP contribution in [0.5, 0.6) is 5.75 Å². The summed E-state index contributed by atoms with van der Waals surface area (Å²) in [5, 5.41) is 5.17. The Morgan fingerprint density at radius 3 is 2.44 bits per heavy atom. The minimum Gasteiger partial charge on any atom is -0.497 e. The molecule has 0 radical (unpaired) electrons. The maximum Gasteiger partial charge on any atom is 0.319 e. The maximum absolute atomic E-state index is 13.2. The van der Waals surface area contributed by atoms with E-state index in [4.69, 9.17) is 9.47 Å². The fourth-order valence-corrected chi connectivity index (χ4v) is 2.88. The number of benzene rings is 2. The van der Waals surface area contributed by atoms with E-state index in [1.165, 1.54) is 24.3 Å². The minimum atomic E-state index is -0.841. The lowest BCUT2D eigenvalue weighted by Gasteiger charge is -2.33. The number of hydrogen-bond donors (Lipinski definition) is 2. The molecule has 0 aliphatic carbocycles. The Labute approximate surface area is 156 Å². The number of carbonyl (C=O) groups excluding carboxylic acids is 2. The van der Waals surface area contributed by atoms with Gasteiger partial charge in [0.25, 0.3) is 0 Å². The lowest BCUT2D eigenvalue weighted by Crippen LogP contribution is -2.51. The van der Waals surface area contributed by atoms with Gasteiger partial charge in [-0.2, -0.15) is 0 Å². The van der Waals surface area contributed by atoms with Gasteiger partial charge in [0.05, 0.1) is 13.2 Å². The molecule has 2 aromatic rings. The van der Waals surface area contributed by atoms with Crippen molar-refractivity contribution in [3.63, 3.8) is 0 Å². The molecule has 1 aliphatic heterocycles. The van der Waals surface area contributed by atoms with Gasteiger partial charge in [-0.3, -0.25) is 4.79 Å². The lowest BCUT2D eigenvalue weighted by molar-refractivity contribution is -0.149. The lowest BCUT2D eigenvalue weighted by atomic mass is 9.89. The van der Waals surface area contributed by atoms with E-state index in [-0.39, 0.29) is 12.3 Å². The van der Waals surface area contributed by atoms with E-state index in [2.05, 4.69) is 17.2 Å². The van der Waals surface area contributed by atoms with Crippen molar-refractivity contribution in [2.24, 2.45) is 5.92 Å². The average molecular weight is 370 g/mol. The molecule has 1 saturated heterocycles. The number of carbonyl (C=O) groups is 2. The number of nitrogens with one attached hydrogen (secondary N) is 2. The molecule has 1 heterocycles. The highest BCUT2D eigenvalue weighted by Crippen LogP contribution is 2.30. The summed E-state index contributed by atoms with van der Waals surface area (Å²) in [4.78, 5) is 24.5. The number of esters is 1. The van der Waals surface area contributed by atoms with Crippen LogP contribution >= 0.6 is 0 Å². The summed E-state index contributed by atoms with van der Waals surface area (Å²) in [5.41, 5.74) is 1.60. The van der Waals surface area contributed by atoms with Crippen LogP contribution in [0.2, 0.25) is 0 Å². The molecule has 27 heavy (non-hydrogen) atoms. The zero-order valence-electron chi connectivity index (χ0n) is 14.7. The predicted octanol–water partition coefficient (Wildman–Crippen LogP) is 3.06. The van der Waals surface area contributed by atoms with Crippen molar-refractivity contribution in [3.05, 3.63) is 77.8 Å². The normalized spacial score (nSPS) is 19.0. The van der Waals surface area contributed by atoms with E-state index in [1.807, 2.05) is 0 Å². The van der Waals surface area contributed by atoms with Crippen LogP contribution in [0, 0.1) is 11.7 Å². The summed E-state index contributed by atoms with van der Waals surface area (Å²) in [6.07, 6.45) is 0. The van der Waals surface area contributed by atoms with Gasteiger partial charge < -0.3 is 20.1 Å². The van der Waals surface area contributed by atoms with Gasteiger partial charge in [0.2, 0.25) is 0 Å². The smallest absolute Gasteiger partial charge is 0.319 e. The van der Waals surface area contributed by atoms with Gasteiger partial charge in [-0.15, -0.1) is 0 Å². The van der Waals surface area contributed by atoms with Crippen LogP contribution in [0.25, 0.3) is 0 Å². The summed E-state index contributed by atoms with van der Waals surface area (Å²) in [5.74, 6) is -1.09. The van der Waals surface area contributed by atoms with Crippen molar-refractivity contribution in [2.75, 3.05) is 7.11 Å². The van der Waals surface area contributed by atoms with E-state index in [0.29, 0.717) is 11.3 Å². The summed E-state index contributed by atoms with van der Waals surface area (Å²) in [6, 6.07) is 11.5. The number of methoxy groups -OCH3 is 1. The minimum absolute atomic E-state index is 0.0662. The fraction of sp³-hybridized carbons (Fsp3) is 0.200. The molecule has 1 aliphatic rings. The van der Waals surface area contributed by atoms with Crippen molar-refractivity contribution in [3.8, 4) is 5.75 Å². The first-order valence-corrected chi connectivity index (χ1v) is 8.29. The number of amides is 2. The quantitative estimate of drug-likeness (QED) is 0.793. The Hall–Kier alpha value is -3.35. The Balaban J connectivity index is 1.75. The van der Waals surface area contributed by atoms with Gasteiger partial charge in [0.15, 0.2) is 0 Å². The molecule has 2 amide bonds. The maximum atomic E-state index is 13.2. The zero-order valence-corrected chi connectivity index (χ0v) is 14.7. The molecular weight excluding hydrogens is 351 g/mol. The van der Waals surface area contributed by atoms with E-state index >= 15 is 0 Å². The van der Waals surface area contributed by atoms with Crippen LogP contribution in [-0.4, -0.2) is 19.1 Å². The zero-order chi connectivity index (χ0) is 19.4. The highest BCUT2D eigenvalue weighted by atomic mass is 19.1. The van der Waals surface area contributed by atoms with Gasteiger partial charge in [0.1, 0.15) is 24.1 Å². The second-order valence-electron chi connectivity index (χ2n) is 6.09. The number of rotatable bonds is 5. The molecule has 0 spiro atoms. The Kier molecular flexibility index (Phi) is 5.40. The monoisotopic (exact) mass is 370 g/mol. The predicted molar refractivity (Wildman–Crippen MR) is 96.2 cm³/mol. The van der Waals surface area contributed by atoms with Crippen LogP contribution in [-0.2, 0) is 16.1 Å². The van der Waals surface area contributed by atoms with E-state index in [0.717, 1.165) is 5.56 Å². The molecule has 0 bridgehead atoms. The van der Waals surface area contributed by atoms with Crippen molar-refractivity contribution >= 4 is 12.0 Å². The number of ether oxygens (including phenoxy) is 2. The first-order chi connectivity index (χ1) is 13.0. The topological polar surface area (TPSA) is 76.7 Å². The highest BCUT2D eigenvalue weighted by Gasteiger charge is 2.38. The van der Waals surface area contributed by atoms with Crippen molar-refractivity contribution < 1.29 is 23.5 Å². The van der Waals surface area contributed by atoms with E-state index in [1.54, 1.807) is 31.4 Å². The highest BCUT2D eigenvalue weighted by molar-refractivity contribution is 5.85. The average Bonchev–Trinajstić information content (AvgIpc) is 2.66. The van der Waals surface area contributed by atoms with Crippen molar-refractivity contribution in [1.82, 2.24) is 10.6 Å². The third-order valence-corrected chi connectivity index (χ3v) is 4.29. The fourth-order valence-electron chi connectivity index (χ4n) is 2.88. The van der Waals surface area contributed by atoms with E-state index in [9.17, 15) is 14.0 Å². The first-order valence-electron chi connectivity index (χ1n) is 8.29. The van der Waals surface area contributed by atoms with Crippen molar-refractivity contribution in [1.29, 1.82) is 0 Å². The first kappa shape index (κ1) is 18.4. The molecule has 2 unspecified atom stereocenters. The molecule has 140 valence electrons. The Bertz CT molecular complexity index is 849. The third-order valence-electron chi connectivity index (χ3n) is 4.29. The number of hydrogen-bond acceptors (Lipinski definition) is 4. The Morgan fingerprint density at radius 2 is 1.81 bits per heavy atom. The second-order valence-corrected chi connectivity index (χ2v) is 6.09. The molecule has 0 saturated carbocycles. The molecule has 0 aromatic heterocycles. The largest absolute Gasteiger partial charge is 0.497 e. The Morgan fingerprint density at radius 1 is 1.15 bits per heavy atom. The summed E-state index contributed by atoms with van der Waals surface area (Å²) >= 11 is 0. The van der Waals surface area contributed by atoms with Crippen LogP contribution in [0.4, 0.5) is 9.18 Å². The number of halogens is 1. The van der Waals surface area contributed by atoms with Gasteiger partial charge in [-0.25, -0.2) is 9.18 Å². The van der Waals surface area contributed by atoms with Gasteiger partial charge in [-0.05, 0) is 35.4 Å². The summed E-state index contributed by atoms with van der Waals surface area (Å²) in [7, 11) is 1.57. The van der Waals surface area contributed by atoms with Gasteiger partial charge in [0, 0.05) is 5.70 Å². The van der Waals surface area contributed by atoms with Crippen LogP contribution in [0.3, 0.4) is 0 Å². The molecule has 2 N–H and O–H groups in total. The molecule has 2 aromatic carbocycles. The van der Waals surface area contributed by atoms with Gasteiger partial charge >= 0.3 is 12.0 Å². The molecular formula is C20H19FN2O4. The standard InChI is InChI=1S/C20H19FN2O4/c1-12-17(19(24)27-11-13-3-9-16(26-2)10-4-13)18(23-20(25)22-12)14-5-7-15(21)8-6-14/h3-10,17-18H,1,11H2,2H3,(H2,22,23,25). The second kappa shape index (κ2) is 7.90. The number of urea groups is 1. The molecule has 7 heteroatoms. The summed E-state index contributed by atoms with van der Waals surface area (Å²) < 4.78 is 23.7. The van der Waals surface area contributed by atoms with Crippen molar-refractivity contribution in [2.45, 2.75) is 12.6 Å². The molecule has 3 rings (SSSR count). The third kappa shape index (κ3) is 4.25. The van der Waals surface area contributed by atoms with Crippen LogP contribution < -0.4 is 15.4 Å². The van der Waals surface area contributed by atoms with Crippen LogP contribution in [0.1, 0.15) is 17.2 Å².